The van der Waals surface area contributed by atoms with Crippen LogP contribution in [0.4, 0.5) is 4.79 Å². The molecule has 4 N–H and O–H groups in total. The Kier molecular flexibility index (Phi) is 12.2. The van der Waals surface area contributed by atoms with E-state index in [-0.39, 0.29) is 35.3 Å². The number of hydrogen-bond acceptors (Lipinski definition) is 7. The molecule has 0 unspecified atom stereocenters. The molecule has 2 heterocycles. The average molecular weight is 699 g/mol. The lowest BCUT2D eigenvalue weighted by molar-refractivity contribution is -0.142. The molecule has 3 fully saturated rings. The summed E-state index contributed by atoms with van der Waals surface area (Å²) in [5, 5.41) is 8.46. The summed E-state index contributed by atoms with van der Waals surface area (Å²) in [6.45, 7) is 15.7. The zero-order chi connectivity index (χ0) is 36.3. The van der Waals surface area contributed by atoms with Gasteiger partial charge in [0.1, 0.15) is 12.1 Å². The van der Waals surface area contributed by atoms with E-state index < -0.39 is 46.7 Å². The number of nitrogens with two attached hydrogens (primary N) is 1. The predicted molar refractivity (Wildman–Crippen MR) is 193 cm³/mol. The van der Waals surface area contributed by atoms with Gasteiger partial charge in [-0.05, 0) is 92.2 Å². The fourth-order valence-corrected chi connectivity index (χ4v) is 8.52. The molecule has 0 aromatic carbocycles. The Balaban J connectivity index is 1.56. The molecule has 1 aliphatic heterocycles. The van der Waals surface area contributed by atoms with E-state index in [1.807, 2.05) is 41.5 Å². The van der Waals surface area contributed by atoms with Crippen molar-refractivity contribution in [2.45, 2.75) is 130 Å². The maximum atomic E-state index is 14.5. The molecule has 12 heteroatoms. The molecule has 2 saturated carbocycles. The normalized spacial score (nSPS) is 22.1. The lowest BCUT2D eigenvalue weighted by Crippen LogP contribution is -2.63. The summed E-state index contributed by atoms with van der Waals surface area (Å²) in [4.78, 5) is 76.2. The molecule has 0 spiro atoms. The van der Waals surface area contributed by atoms with Crippen LogP contribution in [0.25, 0.3) is 0 Å². The van der Waals surface area contributed by atoms with Crippen LogP contribution in [-0.2, 0) is 25.7 Å². The summed E-state index contributed by atoms with van der Waals surface area (Å²) in [7, 11) is 2.09. The van der Waals surface area contributed by atoms with Crippen molar-refractivity contribution in [2.75, 3.05) is 20.1 Å². The number of amides is 5. The van der Waals surface area contributed by atoms with Gasteiger partial charge in [0, 0.05) is 24.5 Å². The molecule has 11 nitrogen and oxygen atoms in total. The van der Waals surface area contributed by atoms with Crippen molar-refractivity contribution in [3.63, 3.8) is 0 Å². The number of Topliss-reactive ketones (excluding diaryl/α,β-unsaturated/α-hetero) is 1. The van der Waals surface area contributed by atoms with E-state index in [9.17, 15) is 24.0 Å². The minimum absolute atomic E-state index is 0.131. The first-order valence-corrected chi connectivity index (χ1v) is 18.8. The molecule has 5 amide bonds. The highest BCUT2D eigenvalue weighted by molar-refractivity contribution is 7.10. The second-order valence-corrected chi connectivity index (χ2v) is 17.9. The molecule has 3 atom stereocenters. The first kappa shape index (κ1) is 38.7. The van der Waals surface area contributed by atoms with Crippen molar-refractivity contribution < 1.29 is 24.0 Å². The minimum atomic E-state index is -1.15. The number of likely N-dealkylation sites (tertiary alicyclic amines) is 1. The third-order valence-electron chi connectivity index (χ3n) is 10.5. The van der Waals surface area contributed by atoms with Crippen LogP contribution in [0.1, 0.15) is 110 Å². The standard InChI is InChI=1S/C37H58N6O5S/c1-23-15-19-49-27(23)21-42(8)22-37(16-10-9-11-17-37)41-34(48)40-30(36(5,6)7)33(47)43-18-14-25(35(2,3)4)28(43)32(46)39-26(20-24-12-13-24)29(44)31(38)45/h15,19,24-25,28,30H,9-14,16-18,20-22H2,1-8H3,(H2,38,45)(H2,40,41,48)/t25-,28-,30+/m0/s1. The molecule has 2 aliphatic carbocycles. The molecule has 4 rings (SSSR count). The van der Waals surface area contributed by atoms with Gasteiger partial charge >= 0.3 is 6.03 Å². The molecule has 1 aromatic heterocycles. The van der Waals surface area contributed by atoms with E-state index in [4.69, 9.17) is 5.73 Å². The number of carbonyl (C=O) groups excluding carboxylic acids is 5. The number of aryl methyl sites for hydroxylation is 1. The molecular formula is C37H58N6O5S. The second kappa shape index (κ2) is 15.4. The number of primary amides is 1. The Morgan fingerprint density at radius 1 is 1.06 bits per heavy atom. The van der Waals surface area contributed by atoms with Gasteiger partial charge in [0.05, 0.1) is 11.3 Å². The van der Waals surface area contributed by atoms with E-state index in [0.717, 1.165) is 51.5 Å². The highest BCUT2D eigenvalue weighted by atomic mass is 32.1. The van der Waals surface area contributed by atoms with Crippen molar-refractivity contribution in [1.82, 2.24) is 20.4 Å². The largest absolute Gasteiger partial charge is 0.363 e. The fourth-order valence-electron chi connectivity index (χ4n) is 7.54. The van der Waals surface area contributed by atoms with Gasteiger partial charge in [0.2, 0.25) is 5.91 Å². The minimum Gasteiger partial charge on any atom is -0.363 e. The number of hydrogen-bond donors (Lipinski definition) is 3. The smallest absolute Gasteiger partial charge is 0.315 e. The van der Waals surface area contributed by atoms with Crippen LogP contribution in [0, 0.1) is 29.6 Å². The fraction of sp³-hybridized carbons (Fsp3) is 0.730. The third kappa shape index (κ3) is 9.99. The van der Waals surface area contributed by atoms with Crippen LogP contribution in [0.5, 0.6) is 0 Å². The van der Waals surface area contributed by atoms with E-state index >= 15 is 0 Å². The predicted octanol–water partition coefficient (Wildman–Crippen LogP) is 4.99. The van der Waals surface area contributed by atoms with Gasteiger partial charge in [0.25, 0.3) is 17.6 Å². The summed E-state index contributed by atoms with van der Waals surface area (Å²) < 4.78 is 0. The van der Waals surface area contributed by atoms with Crippen molar-refractivity contribution in [2.24, 2.45) is 33.4 Å². The van der Waals surface area contributed by atoms with Crippen LogP contribution in [0.2, 0.25) is 0 Å². The number of nitrogens with one attached hydrogen (secondary N) is 2. The van der Waals surface area contributed by atoms with Crippen LogP contribution in [-0.4, -0.2) is 82.8 Å². The molecule has 0 bridgehead atoms. The molecule has 1 aromatic rings. The highest BCUT2D eigenvalue weighted by Gasteiger charge is 2.50. The molecule has 1 saturated heterocycles. The lowest BCUT2D eigenvalue weighted by Gasteiger charge is -2.42. The number of thiophene rings is 1. The molecule has 272 valence electrons. The average Bonchev–Trinajstić information content (AvgIpc) is 3.54. The van der Waals surface area contributed by atoms with Gasteiger partial charge in [-0.1, -0.05) is 60.8 Å². The first-order valence-electron chi connectivity index (χ1n) is 17.9. The van der Waals surface area contributed by atoms with Gasteiger partial charge < -0.3 is 21.3 Å². The second-order valence-electron chi connectivity index (χ2n) is 16.9. The number of urea groups is 1. The SMILES string of the molecule is Cc1ccsc1CN(C)CC1(NC(=O)N[C@H](C(=O)N2CC[C@H](C(C)(C)C)[C@H]2C(=O)N=C(CC2CC2)C(=O)C(N)=O)C(C)(C)C)CCCCC1. The van der Waals surface area contributed by atoms with Crippen LogP contribution in [0.15, 0.2) is 16.4 Å². The summed E-state index contributed by atoms with van der Waals surface area (Å²) in [6.07, 6.45) is 7.41. The topological polar surface area (TPSA) is 154 Å². The van der Waals surface area contributed by atoms with Crippen LogP contribution < -0.4 is 16.4 Å². The summed E-state index contributed by atoms with van der Waals surface area (Å²) in [6, 6.07) is -0.156. The van der Waals surface area contributed by atoms with Crippen LogP contribution >= 0.6 is 11.3 Å². The lowest BCUT2D eigenvalue weighted by atomic mass is 9.76. The number of likely N-dealkylation sites (N-methyl/N-ethyl adjacent to an activating group) is 1. The Hall–Kier alpha value is -3.12. The quantitative estimate of drug-likeness (QED) is 0.207. The zero-order valence-corrected chi connectivity index (χ0v) is 31.6. The van der Waals surface area contributed by atoms with E-state index in [2.05, 4.69) is 45.9 Å². The zero-order valence-electron chi connectivity index (χ0n) is 30.8. The van der Waals surface area contributed by atoms with E-state index in [0.29, 0.717) is 19.5 Å². The third-order valence-corrected chi connectivity index (χ3v) is 11.5. The molecular weight excluding hydrogens is 641 g/mol. The highest BCUT2D eigenvalue weighted by Crippen LogP contribution is 2.41. The van der Waals surface area contributed by atoms with Gasteiger partial charge in [-0.2, -0.15) is 0 Å². The van der Waals surface area contributed by atoms with Gasteiger partial charge in [-0.3, -0.25) is 24.1 Å². The van der Waals surface area contributed by atoms with Crippen molar-refractivity contribution in [3.05, 3.63) is 21.9 Å². The first-order chi connectivity index (χ1) is 22.8. The van der Waals surface area contributed by atoms with Crippen molar-refractivity contribution in [1.29, 1.82) is 0 Å². The molecule has 3 aliphatic rings. The Morgan fingerprint density at radius 2 is 1.71 bits per heavy atom. The number of carbonyl (C=O) groups is 5. The number of ketones is 1. The van der Waals surface area contributed by atoms with E-state index in [1.54, 1.807) is 11.3 Å². The Bertz CT molecular complexity index is 1430. The summed E-state index contributed by atoms with van der Waals surface area (Å²) in [5.41, 5.74) is 4.97. The summed E-state index contributed by atoms with van der Waals surface area (Å²) in [5.74, 6) is -3.16. The van der Waals surface area contributed by atoms with Gasteiger partial charge in [0.15, 0.2) is 0 Å². The van der Waals surface area contributed by atoms with Gasteiger partial charge in [-0.25, -0.2) is 9.79 Å². The maximum Gasteiger partial charge on any atom is 0.315 e. The monoisotopic (exact) mass is 698 g/mol. The summed E-state index contributed by atoms with van der Waals surface area (Å²) >= 11 is 1.74. The molecule has 49 heavy (non-hydrogen) atoms. The van der Waals surface area contributed by atoms with E-state index in [1.165, 1.54) is 15.3 Å². The van der Waals surface area contributed by atoms with Gasteiger partial charge in [-0.15, -0.1) is 11.3 Å². The molecule has 0 radical (unpaired) electrons. The van der Waals surface area contributed by atoms with Crippen LogP contribution in [0.3, 0.4) is 0 Å². The Labute approximate surface area is 296 Å². The van der Waals surface area contributed by atoms with Crippen molar-refractivity contribution in [3.8, 4) is 0 Å². The number of nitrogens with zero attached hydrogens (tertiary/aromatic N) is 3. The Morgan fingerprint density at radius 3 is 2.24 bits per heavy atom. The maximum absolute atomic E-state index is 14.5. The van der Waals surface area contributed by atoms with Crippen molar-refractivity contribution >= 4 is 46.6 Å². The number of aliphatic imine (C=N–C) groups is 1. The number of rotatable bonds is 12.